The van der Waals surface area contributed by atoms with Crippen molar-refractivity contribution in [2.75, 3.05) is 11.5 Å². The Kier molecular flexibility index (Phi) is 4.34. The maximum atomic E-state index is 5.97. The van der Waals surface area contributed by atoms with Crippen LogP contribution >= 0.6 is 23.5 Å². The van der Waals surface area contributed by atoms with Gasteiger partial charge in [-0.15, -0.1) is 12.3 Å². The fourth-order valence-corrected chi connectivity index (χ4v) is 4.26. The second kappa shape index (κ2) is 5.06. The molecule has 1 nitrogen and oxygen atoms in total. The summed E-state index contributed by atoms with van der Waals surface area (Å²) < 4.78 is 0. The minimum Gasteiger partial charge on any atom is -0.326 e. The first-order valence-electron chi connectivity index (χ1n) is 4.18. The number of rotatable bonds is 2. The first kappa shape index (κ1) is 10.3. The van der Waals surface area contributed by atoms with Crippen molar-refractivity contribution in [3.63, 3.8) is 0 Å². The summed E-state index contributed by atoms with van der Waals surface area (Å²) in [5.74, 6) is 5.11. The number of terminal acetylenes is 1. The monoisotopic (exact) mass is 201 g/mol. The summed E-state index contributed by atoms with van der Waals surface area (Å²) in [6.07, 6.45) is 5.95. The molecule has 0 spiro atoms. The highest BCUT2D eigenvalue weighted by molar-refractivity contribution is 8.07. The lowest BCUT2D eigenvalue weighted by Gasteiger charge is -2.31. The highest BCUT2D eigenvalue weighted by Gasteiger charge is 2.27. The average molecular weight is 201 g/mol. The smallest absolute Gasteiger partial charge is 0.0324 e. The maximum Gasteiger partial charge on any atom is 0.0324 e. The number of thioether (sulfide) groups is 2. The minimum absolute atomic E-state index is 0.183. The Hall–Kier alpha value is 0.220. The molecule has 0 bridgehead atoms. The van der Waals surface area contributed by atoms with Crippen LogP contribution in [0.2, 0.25) is 0 Å². The molecule has 1 heterocycles. The topological polar surface area (TPSA) is 26.0 Å². The van der Waals surface area contributed by atoms with Crippen molar-refractivity contribution in [2.45, 2.75) is 29.9 Å². The standard InChI is InChI=1S/C9H15NS2/c1-3-4-8(10)9-7(2)11-5-6-12-9/h1,7-9H,4-6,10H2,2H3. The molecule has 12 heavy (non-hydrogen) atoms. The van der Waals surface area contributed by atoms with Gasteiger partial charge in [0.25, 0.3) is 0 Å². The van der Waals surface area contributed by atoms with E-state index in [4.69, 9.17) is 12.2 Å². The Morgan fingerprint density at radius 2 is 2.25 bits per heavy atom. The molecule has 0 radical (unpaired) electrons. The van der Waals surface area contributed by atoms with E-state index in [9.17, 15) is 0 Å². The van der Waals surface area contributed by atoms with Crippen LogP contribution in [-0.4, -0.2) is 28.0 Å². The molecule has 68 valence electrons. The molecule has 0 saturated carbocycles. The number of hydrogen-bond donors (Lipinski definition) is 1. The normalized spacial score (nSPS) is 32.4. The zero-order valence-electron chi connectivity index (χ0n) is 7.32. The van der Waals surface area contributed by atoms with Crippen molar-refractivity contribution in [3.05, 3.63) is 0 Å². The van der Waals surface area contributed by atoms with Gasteiger partial charge < -0.3 is 5.73 Å². The molecule has 1 aliphatic heterocycles. The molecule has 3 heteroatoms. The van der Waals surface area contributed by atoms with E-state index in [0.717, 1.165) is 0 Å². The van der Waals surface area contributed by atoms with Gasteiger partial charge in [-0.1, -0.05) is 6.92 Å². The van der Waals surface area contributed by atoms with Crippen molar-refractivity contribution in [2.24, 2.45) is 5.73 Å². The number of nitrogens with two attached hydrogens (primary N) is 1. The van der Waals surface area contributed by atoms with Crippen LogP contribution in [0.4, 0.5) is 0 Å². The lowest BCUT2D eigenvalue weighted by atomic mass is 10.1. The van der Waals surface area contributed by atoms with Gasteiger partial charge in [0.2, 0.25) is 0 Å². The van der Waals surface area contributed by atoms with Crippen molar-refractivity contribution in [1.29, 1.82) is 0 Å². The van der Waals surface area contributed by atoms with Crippen molar-refractivity contribution in [1.82, 2.24) is 0 Å². The molecule has 0 aromatic heterocycles. The first-order chi connectivity index (χ1) is 5.75. The highest BCUT2D eigenvalue weighted by Crippen LogP contribution is 2.32. The molecule has 3 atom stereocenters. The summed E-state index contributed by atoms with van der Waals surface area (Å²) >= 11 is 3.99. The van der Waals surface area contributed by atoms with Gasteiger partial charge in [0.05, 0.1) is 0 Å². The average Bonchev–Trinajstić information content (AvgIpc) is 2.05. The van der Waals surface area contributed by atoms with Crippen LogP contribution in [0.15, 0.2) is 0 Å². The Balaban J connectivity index is 2.43. The summed E-state index contributed by atoms with van der Waals surface area (Å²) in [7, 11) is 0. The molecular weight excluding hydrogens is 186 g/mol. The molecular formula is C9H15NS2. The van der Waals surface area contributed by atoms with Crippen LogP contribution in [-0.2, 0) is 0 Å². The van der Waals surface area contributed by atoms with Gasteiger partial charge in [-0.25, -0.2) is 0 Å². The van der Waals surface area contributed by atoms with E-state index in [1.165, 1.54) is 11.5 Å². The van der Waals surface area contributed by atoms with Gasteiger partial charge in [0.1, 0.15) is 0 Å². The van der Waals surface area contributed by atoms with Crippen LogP contribution in [0.3, 0.4) is 0 Å². The minimum atomic E-state index is 0.183. The van der Waals surface area contributed by atoms with Crippen LogP contribution < -0.4 is 5.73 Å². The van der Waals surface area contributed by atoms with Crippen molar-refractivity contribution >= 4 is 23.5 Å². The Morgan fingerprint density at radius 1 is 1.58 bits per heavy atom. The van der Waals surface area contributed by atoms with E-state index < -0.39 is 0 Å². The third kappa shape index (κ3) is 2.62. The zero-order valence-corrected chi connectivity index (χ0v) is 8.96. The SMILES string of the molecule is C#CCC(N)C1SCCSC1C. The van der Waals surface area contributed by atoms with E-state index >= 15 is 0 Å². The van der Waals surface area contributed by atoms with Crippen molar-refractivity contribution < 1.29 is 0 Å². The van der Waals surface area contributed by atoms with Gasteiger partial charge in [0, 0.05) is 34.5 Å². The lowest BCUT2D eigenvalue weighted by molar-refractivity contribution is 0.641. The second-order valence-electron chi connectivity index (χ2n) is 2.98. The van der Waals surface area contributed by atoms with Gasteiger partial charge in [-0.3, -0.25) is 0 Å². The Morgan fingerprint density at radius 3 is 2.83 bits per heavy atom. The predicted octanol–water partition coefficient (Wildman–Crippen LogP) is 1.57. The maximum absolute atomic E-state index is 5.97. The van der Waals surface area contributed by atoms with Gasteiger partial charge >= 0.3 is 0 Å². The summed E-state index contributed by atoms with van der Waals surface area (Å²) in [5.41, 5.74) is 5.97. The van der Waals surface area contributed by atoms with Gasteiger partial charge in [-0.05, 0) is 0 Å². The zero-order chi connectivity index (χ0) is 8.97. The van der Waals surface area contributed by atoms with Crippen LogP contribution in [0, 0.1) is 12.3 Å². The summed E-state index contributed by atoms with van der Waals surface area (Å²) in [5, 5.41) is 1.21. The van der Waals surface area contributed by atoms with E-state index in [-0.39, 0.29) is 6.04 Å². The quantitative estimate of drug-likeness (QED) is 0.687. The largest absolute Gasteiger partial charge is 0.326 e. The third-order valence-corrected chi connectivity index (χ3v) is 5.28. The van der Waals surface area contributed by atoms with Gasteiger partial charge in [-0.2, -0.15) is 23.5 Å². The summed E-state index contributed by atoms with van der Waals surface area (Å²) in [6.45, 7) is 2.25. The Labute approximate surface area is 83.2 Å². The van der Waals surface area contributed by atoms with Crippen LogP contribution in [0.5, 0.6) is 0 Å². The molecule has 0 aromatic rings. The summed E-state index contributed by atoms with van der Waals surface area (Å²) in [4.78, 5) is 0. The van der Waals surface area contributed by atoms with Crippen molar-refractivity contribution in [3.8, 4) is 12.3 Å². The first-order valence-corrected chi connectivity index (χ1v) is 6.27. The Bertz CT molecular complexity index is 176. The second-order valence-corrected chi connectivity index (χ2v) is 5.75. The molecule has 1 saturated heterocycles. The fraction of sp³-hybridized carbons (Fsp3) is 0.778. The van der Waals surface area contributed by atoms with E-state index in [2.05, 4.69) is 12.8 Å². The lowest BCUT2D eigenvalue weighted by Crippen LogP contribution is -2.40. The molecule has 1 fully saturated rings. The highest BCUT2D eigenvalue weighted by atomic mass is 32.2. The van der Waals surface area contributed by atoms with Gasteiger partial charge in [0.15, 0.2) is 0 Å². The fourth-order valence-electron chi connectivity index (χ4n) is 1.37. The van der Waals surface area contributed by atoms with E-state index in [0.29, 0.717) is 16.9 Å². The predicted molar refractivity (Wildman–Crippen MR) is 59.6 cm³/mol. The molecule has 0 aliphatic carbocycles. The van der Waals surface area contributed by atoms with E-state index in [1.807, 2.05) is 23.5 Å². The molecule has 0 aromatic carbocycles. The molecule has 1 aliphatic rings. The molecule has 3 unspecified atom stereocenters. The number of hydrogen-bond acceptors (Lipinski definition) is 3. The molecule has 1 rings (SSSR count). The van der Waals surface area contributed by atoms with Crippen LogP contribution in [0.25, 0.3) is 0 Å². The third-order valence-electron chi connectivity index (χ3n) is 2.01. The molecule has 0 amide bonds. The summed E-state index contributed by atoms with van der Waals surface area (Å²) in [6, 6.07) is 0.183. The van der Waals surface area contributed by atoms with Crippen LogP contribution in [0.1, 0.15) is 13.3 Å². The molecule has 2 N–H and O–H groups in total. The van der Waals surface area contributed by atoms with E-state index in [1.54, 1.807) is 0 Å².